The summed E-state index contributed by atoms with van der Waals surface area (Å²) < 4.78 is 0. The molecule has 0 saturated carbocycles. The van der Waals surface area contributed by atoms with Crippen molar-refractivity contribution >= 4 is 17.5 Å². The van der Waals surface area contributed by atoms with Gasteiger partial charge >= 0.3 is 0 Å². The average molecular weight is 422 g/mol. The Morgan fingerprint density at radius 3 is 2.48 bits per heavy atom. The second kappa shape index (κ2) is 10.4. The van der Waals surface area contributed by atoms with Gasteiger partial charge in [-0.25, -0.2) is 0 Å². The zero-order chi connectivity index (χ0) is 21.5. The van der Waals surface area contributed by atoms with Crippen LogP contribution >= 0.6 is 0 Å². The summed E-state index contributed by atoms with van der Waals surface area (Å²) in [5, 5.41) is 2.94. The van der Waals surface area contributed by atoms with Crippen molar-refractivity contribution in [1.82, 2.24) is 20.1 Å². The van der Waals surface area contributed by atoms with Gasteiger partial charge in [0.1, 0.15) is 0 Å². The molecule has 31 heavy (non-hydrogen) atoms. The topological polar surface area (TPSA) is 68.8 Å². The van der Waals surface area contributed by atoms with Crippen molar-refractivity contribution in [3.63, 3.8) is 0 Å². The van der Waals surface area contributed by atoms with Crippen LogP contribution in [0, 0.1) is 0 Å². The Morgan fingerprint density at radius 2 is 1.74 bits per heavy atom. The summed E-state index contributed by atoms with van der Waals surface area (Å²) in [5.74, 6) is 0.0548. The molecule has 2 fully saturated rings. The Bertz CT molecular complexity index is 853. The van der Waals surface area contributed by atoms with E-state index in [2.05, 4.69) is 44.4 Å². The monoisotopic (exact) mass is 421 g/mol. The van der Waals surface area contributed by atoms with Crippen LogP contribution in [0.2, 0.25) is 0 Å². The minimum absolute atomic E-state index is 0.0188. The molecule has 0 aliphatic carbocycles. The molecule has 7 heteroatoms. The Kier molecular flexibility index (Phi) is 7.14. The van der Waals surface area contributed by atoms with Gasteiger partial charge in [-0.15, -0.1) is 0 Å². The summed E-state index contributed by atoms with van der Waals surface area (Å²) in [4.78, 5) is 36.0. The van der Waals surface area contributed by atoms with E-state index >= 15 is 0 Å². The maximum Gasteiger partial charge on any atom is 0.237 e. The van der Waals surface area contributed by atoms with Crippen LogP contribution in [-0.4, -0.2) is 78.5 Å². The highest BCUT2D eigenvalue weighted by molar-refractivity contribution is 5.89. The van der Waals surface area contributed by atoms with E-state index in [4.69, 9.17) is 0 Å². The largest absolute Gasteiger partial charge is 0.368 e. The molecule has 2 aliphatic rings. The summed E-state index contributed by atoms with van der Waals surface area (Å²) >= 11 is 0. The number of anilines is 1. The highest BCUT2D eigenvalue weighted by atomic mass is 16.2. The van der Waals surface area contributed by atoms with Crippen molar-refractivity contribution in [2.24, 2.45) is 0 Å². The van der Waals surface area contributed by atoms with Gasteiger partial charge in [-0.3, -0.25) is 19.5 Å². The van der Waals surface area contributed by atoms with Gasteiger partial charge in [0.25, 0.3) is 0 Å². The molecule has 0 radical (unpaired) electrons. The van der Waals surface area contributed by atoms with Crippen LogP contribution in [0.1, 0.15) is 18.4 Å². The van der Waals surface area contributed by atoms with Crippen LogP contribution in [-0.2, 0) is 16.0 Å². The van der Waals surface area contributed by atoms with E-state index < -0.39 is 0 Å². The van der Waals surface area contributed by atoms with E-state index in [0.717, 1.165) is 44.7 Å². The first kappa shape index (κ1) is 21.3. The molecule has 0 spiro atoms. The zero-order valence-corrected chi connectivity index (χ0v) is 17.9. The molecule has 4 rings (SSSR count). The lowest BCUT2D eigenvalue weighted by molar-refractivity contribution is -0.139. The zero-order valence-electron chi connectivity index (χ0n) is 17.9. The van der Waals surface area contributed by atoms with Gasteiger partial charge in [-0.2, -0.15) is 0 Å². The molecule has 7 nitrogen and oxygen atoms in total. The number of aromatic nitrogens is 1. The lowest BCUT2D eigenvalue weighted by atomic mass is 10.1. The summed E-state index contributed by atoms with van der Waals surface area (Å²) in [5.41, 5.74) is 2.45. The van der Waals surface area contributed by atoms with Crippen LogP contribution in [0.3, 0.4) is 0 Å². The van der Waals surface area contributed by atoms with Crippen molar-refractivity contribution in [2.45, 2.75) is 25.3 Å². The van der Waals surface area contributed by atoms with Crippen molar-refractivity contribution in [2.75, 3.05) is 50.7 Å². The number of nitrogens with one attached hydrogen (secondary N) is 1. The molecule has 1 N–H and O–H groups in total. The van der Waals surface area contributed by atoms with Crippen LogP contribution in [0.5, 0.6) is 0 Å². The van der Waals surface area contributed by atoms with Crippen molar-refractivity contribution in [3.05, 3.63) is 60.4 Å². The van der Waals surface area contributed by atoms with Crippen molar-refractivity contribution in [1.29, 1.82) is 0 Å². The van der Waals surface area contributed by atoms with Gasteiger partial charge in [0.15, 0.2) is 0 Å². The molecule has 3 heterocycles. The number of piperazine rings is 2. The standard InChI is InChI=1S/C24H31N5O2/c30-23(29-17-15-27(16-18-29)21-8-10-25-11-9-21)19-22-24(31)26-12-14-28(22)13-4-7-20-5-2-1-3-6-20/h1-3,5-6,8-11,22H,4,7,12-19H2,(H,26,31)/t22-/m1/s1. The molecule has 0 unspecified atom stereocenters. The smallest absolute Gasteiger partial charge is 0.237 e. The first-order valence-electron chi connectivity index (χ1n) is 11.2. The Balaban J connectivity index is 1.28. The van der Waals surface area contributed by atoms with E-state index in [0.29, 0.717) is 19.6 Å². The molecule has 2 aliphatic heterocycles. The second-order valence-electron chi connectivity index (χ2n) is 8.21. The lowest BCUT2D eigenvalue weighted by Crippen LogP contribution is -2.57. The number of rotatable bonds is 7. The molecule has 1 aromatic carbocycles. The summed E-state index contributed by atoms with van der Waals surface area (Å²) in [7, 11) is 0. The summed E-state index contributed by atoms with van der Waals surface area (Å²) in [6.45, 7) is 5.25. The average Bonchev–Trinajstić information content (AvgIpc) is 2.82. The fraction of sp³-hybridized carbons (Fsp3) is 0.458. The van der Waals surface area contributed by atoms with Gasteiger partial charge in [0.05, 0.1) is 12.5 Å². The third kappa shape index (κ3) is 5.61. The number of benzene rings is 1. The molecule has 164 valence electrons. The second-order valence-corrected chi connectivity index (χ2v) is 8.21. The summed E-state index contributed by atoms with van der Waals surface area (Å²) in [6, 6.07) is 14.0. The van der Waals surface area contributed by atoms with Crippen molar-refractivity contribution in [3.8, 4) is 0 Å². The maximum atomic E-state index is 13.0. The molecule has 0 bridgehead atoms. The van der Waals surface area contributed by atoms with Gasteiger partial charge in [0.2, 0.25) is 11.8 Å². The number of nitrogens with zero attached hydrogens (tertiary/aromatic N) is 4. The van der Waals surface area contributed by atoms with E-state index in [9.17, 15) is 9.59 Å². The first-order valence-corrected chi connectivity index (χ1v) is 11.2. The van der Waals surface area contributed by atoms with Gasteiger partial charge in [-0.1, -0.05) is 30.3 Å². The predicted octanol–water partition coefficient (Wildman–Crippen LogP) is 1.55. The Hall–Kier alpha value is -2.93. The molecule has 1 atom stereocenters. The van der Waals surface area contributed by atoms with Crippen LogP contribution in [0.25, 0.3) is 0 Å². The molecular formula is C24H31N5O2. The molecule has 2 saturated heterocycles. The highest BCUT2D eigenvalue weighted by Gasteiger charge is 2.33. The van der Waals surface area contributed by atoms with Gasteiger partial charge < -0.3 is 15.1 Å². The first-order chi connectivity index (χ1) is 15.2. The molecule has 2 amide bonds. The van der Waals surface area contributed by atoms with Crippen LogP contribution in [0.15, 0.2) is 54.9 Å². The van der Waals surface area contributed by atoms with Crippen molar-refractivity contribution < 1.29 is 9.59 Å². The molecular weight excluding hydrogens is 390 g/mol. The fourth-order valence-corrected chi connectivity index (χ4v) is 4.45. The number of carbonyl (C=O) groups excluding carboxylic acids is 2. The fourth-order valence-electron chi connectivity index (χ4n) is 4.45. The number of hydrogen-bond donors (Lipinski definition) is 1. The third-order valence-corrected chi connectivity index (χ3v) is 6.22. The van der Waals surface area contributed by atoms with E-state index in [1.165, 1.54) is 5.56 Å². The Labute approximate surface area is 184 Å². The number of carbonyl (C=O) groups is 2. The molecule has 1 aromatic heterocycles. The van der Waals surface area contributed by atoms with Gasteiger partial charge in [-0.05, 0) is 37.1 Å². The quantitative estimate of drug-likeness (QED) is 0.735. The SMILES string of the molecule is O=C1NCCN(CCCc2ccccc2)[C@@H]1CC(=O)N1CCN(c2ccncc2)CC1. The Morgan fingerprint density at radius 1 is 1.00 bits per heavy atom. The number of aryl methyl sites for hydroxylation is 1. The molecule has 2 aromatic rings. The van der Waals surface area contributed by atoms with E-state index in [1.807, 2.05) is 23.1 Å². The van der Waals surface area contributed by atoms with Crippen LogP contribution < -0.4 is 10.2 Å². The number of hydrogen-bond acceptors (Lipinski definition) is 5. The predicted molar refractivity (Wildman–Crippen MR) is 121 cm³/mol. The lowest BCUT2D eigenvalue weighted by Gasteiger charge is -2.38. The van der Waals surface area contributed by atoms with E-state index in [-0.39, 0.29) is 24.3 Å². The number of pyridine rings is 1. The number of amides is 2. The normalized spacial score (nSPS) is 19.9. The highest BCUT2D eigenvalue weighted by Crippen LogP contribution is 2.17. The van der Waals surface area contributed by atoms with E-state index in [1.54, 1.807) is 12.4 Å². The van der Waals surface area contributed by atoms with Gasteiger partial charge in [0, 0.05) is 57.3 Å². The third-order valence-electron chi connectivity index (χ3n) is 6.22. The summed E-state index contributed by atoms with van der Waals surface area (Å²) in [6.07, 6.45) is 5.80. The maximum absolute atomic E-state index is 13.0. The van der Waals surface area contributed by atoms with Crippen LogP contribution in [0.4, 0.5) is 5.69 Å². The minimum Gasteiger partial charge on any atom is -0.368 e. The minimum atomic E-state index is -0.366.